The molecule has 5 nitrogen and oxygen atoms in total. The summed E-state index contributed by atoms with van der Waals surface area (Å²) in [6.07, 6.45) is 5.42. The Morgan fingerprint density at radius 1 is 1.36 bits per heavy atom. The predicted molar refractivity (Wildman–Crippen MR) is 84.5 cm³/mol. The largest absolute Gasteiger partial charge is 0.278 e. The lowest BCUT2D eigenvalue weighted by atomic mass is 9.80. The molecule has 1 fully saturated rings. The van der Waals surface area contributed by atoms with E-state index in [9.17, 15) is 4.79 Å². The van der Waals surface area contributed by atoms with Gasteiger partial charge in [-0.25, -0.2) is 9.97 Å². The van der Waals surface area contributed by atoms with Crippen LogP contribution in [-0.4, -0.2) is 19.6 Å². The zero-order valence-corrected chi connectivity index (χ0v) is 12.7. The van der Waals surface area contributed by atoms with Gasteiger partial charge in [0.2, 0.25) is 0 Å². The van der Waals surface area contributed by atoms with Gasteiger partial charge in [0, 0.05) is 22.9 Å². The van der Waals surface area contributed by atoms with E-state index in [4.69, 9.17) is 11.6 Å². The van der Waals surface area contributed by atoms with Gasteiger partial charge in [0.05, 0.1) is 5.69 Å². The second kappa shape index (κ2) is 5.25. The molecule has 0 saturated heterocycles. The number of hydrogen-bond donors (Lipinski definition) is 1. The van der Waals surface area contributed by atoms with Gasteiger partial charge in [-0.3, -0.25) is 9.89 Å². The van der Waals surface area contributed by atoms with Crippen LogP contribution >= 0.6 is 11.6 Å². The van der Waals surface area contributed by atoms with Crippen molar-refractivity contribution in [2.75, 3.05) is 0 Å². The summed E-state index contributed by atoms with van der Waals surface area (Å²) < 4.78 is 1.40. The fraction of sp³-hybridized carbons (Fsp3) is 0.312. The third-order valence-corrected chi connectivity index (χ3v) is 4.55. The van der Waals surface area contributed by atoms with E-state index in [-0.39, 0.29) is 5.56 Å². The van der Waals surface area contributed by atoms with Gasteiger partial charge in [0.1, 0.15) is 6.33 Å². The Labute approximate surface area is 132 Å². The Hall–Kier alpha value is -2.14. The van der Waals surface area contributed by atoms with E-state index in [1.807, 2.05) is 24.3 Å². The summed E-state index contributed by atoms with van der Waals surface area (Å²) in [4.78, 5) is 21.5. The van der Waals surface area contributed by atoms with Gasteiger partial charge in [-0.1, -0.05) is 30.2 Å². The summed E-state index contributed by atoms with van der Waals surface area (Å²) in [6.45, 7) is 0. The van der Waals surface area contributed by atoms with Crippen LogP contribution in [0.15, 0.2) is 35.4 Å². The molecule has 4 rings (SSSR count). The van der Waals surface area contributed by atoms with Crippen LogP contribution in [0.5, 0.6) is 0 Å². The van der Waals surface area contributed by atoms with Crippen LogP contribution in [0.25, 0.3) is 5.78 Å². The number of nitrogens with one attached hydrogen (secondary N) is 1. The number of nitrogens with zero attached hydrogens (tertiary/aromatic N) is 3. The van der Waals surface area contributed by atoms with Crippen LogP contribution in [-0.2, 0) is 6.42 Å². The summed E-state index contributed by atoms with van der Waals surface area (Å²) in [5.74, 6) is 0.824. The standard InChI is InChI=1S/C16H15ClN4O/c17-12-6-1-3-10(7-12)8-13-14(11-4-2-5-11)20-16-18-9-19-21(16)15(13)22/h1,3,6-7,9,11H,2,4-5,8H2,(H,18,19,20). The summed E-state index contributed by atoms with van der Waals surface area (Å²) >= 11 is 6.05. The number of H-pyrrole nitrogens is 1. The molecule has 0 aliphatic heterocycles. The molecular weight excluding hydrogens is 300 g/mol. The average Bonchev–Trinajstić information content (AvgIpc) is 2.90. The van der Waals surface area contributed by atoms with E-state index in [2.05, 4.69) is 15.1 Å². The Morgan fingerprint density at radius 2 is 2.23 bits per heavy atom. The van der Waals surface area contributed by atoms with Gasteiger partial charge < -0.3 is 0 Å². The summed E-state index contributed by atoms with van der Waals surface area (Å²) in [6, 6.07) is 7.62. The summed E-state index contributed by atoms with van der Waals surface area (Å²) in [5, 5.41) is 3.51. The number of benzene rings is 1. The van der Waals surface area contributed by atoms with Gasteiger partial charge in [-0.05, 0) is 30.5 Å². The Kier molecular flexibility index (Phi) is 3.22. The first-order valence-corrected chi connectivity index (χ1v) is 7.79. The zero-order chi connectivity index (χ0) is 15.1. The van der Waals surface area contributed by atoms with Gasteiger partial charge in [0.25, 0.3) is 11.3 Å². The highest BCUT2D eigenvalue weighted by molar-refractivity contribution is 6.30. The quantitative estimate of drug-likeness (QED) is 0.808. The Morgan fingerprint density at radius 3 is 2.95 bits per heavy atom. The second-order valence-corrected chi connectivity index (χ2v) is 6.17. The maximum atomic E-state index is 12.8. The van der Waals surface area contributed by atoms with Gasteiger partial charge >= 0.3 is 0 Å². The van der Waals surface area contributed by atoms with Crippen molar-refractivity contribution in [3.8, 4) is 0 Å². The van der Waals surface area contributed by atoms with Gasteiger partial charge in [0.15, 0.2) is 0 Å². The Balaban J connectivity index is 1.86. The number of halogens is 1. The lowest BCUT2D eigenvalue weighted by molar-refractivity contribution is 0.408. The van der Waals surface area contributed by atoms with Gasteiger partial charge in [-0.15, -0.1) is 0 Å². The first-order valence-electron chi connectivity index (χ1n) is 7.42. The minimum atomic E-state index is -0.0654. The normalized spacial score (nSPS) is 15.1. The van der Waals surface area contributed by atoms with Crippen LogP contribution in [0.2, 0.25) is 5.02 Å². The first-order chi connectivity index (χ1) is 10.7. The molecule has 0 unspecified atom stereocenters. The molecule has 3 aromatic rings. The minimum Gasteiger partial charge on any atom is -0.278 e. The lowest BCUT2D eigenvalue weighted by Crippen LogP contribution is -2.26. The molecule has 112 valence electrons. The molecule has 1 N–H and O–H groups in total. The van der Waals surface area contributed by atoms with E-state index in [0.29, 0.717) is 23.1 Å². The molecule has 6 heteroatoms. The van der Waals surface area contributed by atoms with Crippen molar-refractivity contribution >= 4 is 17.4 Å². The molecular formula is C16H15ClN4O. The van der Waals surface area contributed by atoms with E-state index >= 15 is 0 Å². The monoisotopic (exact) mass is 314 g/mol. The van der Waals surface area contributed by atoms with Crippen LogP contribution in [0.1, 0.15) is 42.0 Å². The van der Waals surface area contributed by atoms with Crippen LogP contribution in [0.3, 0.4) is 0 Å². The fourth-order valence-electron chi connectivity index (χ4n) is 2.94. The molecule has 0 amide bonds. The minimum absolute atomic E-state index is 0.0654. The number of aromatic nitrogens is 4. The molecule has 0 atom stereocenters. The third kappa shape index (κ3) is 2.22. The van der Waals surface area contributed by atoms with Crippen LogP contribution in [0, 0.1) is 0 Å². The fourth-order valence-corrected chi connectivity index (χ4v) is 3.16. The Bertz CT molecular complexity index is 895. The van der Waals surface area contributed by atoms with Crippen molar-refractivity contribution in [3.05, 3.63) is 62.8 Å². The highest BCUT2D eigenvalue weighted by Crippen LogP contribution is 2.36. The highest BCUT2D eigenvalue weighted by atomic mass is 35.5. The van der Waals surface area contributed by atoms with E-state index in [0.717, 1.165) is 29.7 Å². The highest BCUT2D eigenvalue weighted by Gasteiger charge is 2.26. The summed E-state index contributed by atoms with van der Waals surface area (Å²) in [7, 11) is 0. The van der Waals surface area contributed by atoms with Crippen molar-refractivity contribution in [1.82, 2.24) is 19.6 Å². The molecule has 0 bridgehead atoms. The topological polar surface area (TPSA) is 63.0 Å². The molecule has 0 spiro atoms. The average molecular weight is 315 g/mol. The number of hydrogen-bond acceptors (Lipinski definition) is 3. The lowest BCUT2D eigenvalue weighted by Gasteiger charge is -2.26. The van der Waals surface area contributed by atoms with Crippen molar-refractivity contribution in [2.45, 2.75) is 31.6 Å². The van der Waals surface area contributed by atoms with Crippen molar-refractivity contribution in [1.29, 1.82) is 0 Å². The molecule has 1 aromatic carbocycles. The van der Waals surface area contributed by atoms with Crippen LogP contribution in [0.4, 0.5) is 0 Å². The first kappa shape index (κ1) is 13.5. The van der Waals surface area contributed by atoms with Crippen molar-refractivity contribution in [2.24, 2.45) is 0 Å². The van der Waals surface area contributed by atoms with Crippen molar-refractivity contribution < 1.29 is 0 Å². The molecule has 1 saturated carbocycles. The van der Waals surface area contributed by atoms with E-state index < -0.39 is 0 Å². The molecule has 22 heavy (non-hydrogen) atoms. The third-order valence-electron chi connectivity index (χ3n) is 4.32. The number of aromatic amines is 1. The molecule has 0 radical (unpaired) electrons. The SMILES string of the molecule is O=c1c(Cc2cccc(Cl)c2)c(C2CCC2)nc2nc[nH]n12. The number of rotatable bonds is 3. The van der Waals surface area contributed by atoms with Crippen LogP contribution < -0.4 is 5.56 Å². The molecule has 1 aliphatic carbocycles. The molecule has 2 heterocycles. The predicted octanol–water partition coefficient (Wildman–Crippen LogP) is 2.93. The van der Waals surface area contributed by atoms with E-state index in [1.54, 1.807) is 0 Å². The zero-order valence-electron chi connectivity index (χ0n) is 11.9. The smallest absolute Gasteiger partial charge is 0.277 e. The summed E-state index contributed by atoms with van der Waals surface area (Å²) in [5.41, 5.74) is 2.60. The second-order valence-electron chi connectivity index (χ2n) is 5.74. The maximum Gasteiger partial charge on any atom is 0.277 e. The maximum absolute atomic E-state index is 12.8. The van der Waals surface area contributed by atoms with E-state index in [1.165, 1.54) is 17.3 Å². The molecule has 2 aromatic heterocycles. The number of fused-ring (bicyclic) bond motifs is 1. The van der Waals surface area contributed by atoms with Gasteiger partial charge in [-0.2, -0.15) is 4.52 Å². The molecule has 1 aliphatic rings. The van der Waals surface area contributed by atoms with Crippen molar-refractivity contribution in [3.63, 3.8) is 0 Å².